The molecule has 0 aromatic carbocycles. The second-order valence-corrected chi connectivity index (χ2v) is 7.01. The molecule has 1 saturated heterocycles. The van der Waals surface area contributed by atoms with E-state index in [9.17, 15) is 14.4 Å². The maximum absolute atomic E-state index is 11.9. The van der Waals surface area contributed by atoms with Gasteiger partial charge in [-0.15, -0.1) is 0 Å². The summed E-state index contributed by atoms with van der Waals surface area (Å²) in [6.07, 6.45) is 4.67. The standard InChI is InChI=1S/C16H22N2O4/c1-16(2)11-4-3-10(12(16)7-11)9-22-14(20)8-18-6-5-13(19)17-15(18)21/h3,11-12H,4-9H2,1-2H3,(H,17,19,21)/t11-,12+/m0/s1. The first kappa shape index (κ1) is 15.1. The smallest absolute Gasteiger partial charge is 0.326 e. The lowest BCUT2D eigenvalue weighted by molar-refractivity contribution is -0.144. The second-order valence-electron chi connectivity index (χ2n) is 7.01. The van der Waals surface area contributed by atoms with Gasteiger partial charge in [0, 0.05) is 13.0 Å². The number of amides is 3. The van der Waals surface area contributed by atoms with Crippen molar-refractivity contribution in [2.24, 2.45) is 17.3 Å². The summed E-state index contributed by atoms with van der Waals surface area (Å²) in [4.78, 5) is 35.8. The van der Waals surface area contributed by atoms with E-state index in [1.54, 1.807) is 0 Å². The molecule has 0 aromatic rings. The summed E-state index contributed by atoms with van der Waals surface area (Å²) < 4.78 is 5.33. The molecular formula is C16H22N2O4. The molecule has 0 aromatic heterocycles. The van der Waals surface area contributed by atoms with Crippen molar-refractivity contribution in [3.8, 4) is 0 Å². The van der Waals surface area contributed by atoms with Crippen molar-refractivity contribution in [3.63, 3.8) is 0 Å². The SMILES string of the molecule is CC1(C)[C@H]2CC=C(COC(=O)CN3CCC(=O)NC3=O)[C@H]1C2. The zero-order chi connectivity index (χ0) is 15.9. The number of carbonyl (C=O) groups is 3. The van der Waals surface area contributed by atoms with Gasteiger partial charge in [0.05, 0.1) is 0 Å². The Morgan fingerprint density at radius 3 is 2.86 bits per heavy atom. The van der Waals surface area contributed by atoms with Crippen LogP contribution in [0.5, 0.6) is 0 Å². The Kier molecular flexibility index (Phi) is 3.70. The van der Waals surface area contributed by atoms with Crippen molar-refractivity contribution in [2.75, 3.05) is 19.7 Å². The van der Waals surface area contributed by atoms with Gasteiger partial charge < -0.3 is 9.64 Å². The molecule has 4 aliphatic rings. The molecule has 1 aliphatic heterocycles. The Hall–Kier alpha value is -1.85. The maximum atomic E-state index is 11.9. The first-order valence-electron chi connectivity index (χ1n) is 7.81. The Morgan fingerprint density at radius 2 is 2.23 bits per heavy atom. The summed E-state index contributed by atoms with van der Waals surface area (Å²) in [6, 6.07) is -0.520. The van der Waals surface area contributed by atoms with Crippen LogP contribution in [0.3, 0.4) is 0 Å². The van der Waals surface area contributed by atoms with E-state index in [2.05, 4.69) is 25.2 Å². The summed E-state index contributed by atoms with van der Waals surface area (Å²) in [6.45, 7) is 5.02. The van der Waals surface area contributed by atoms with Crippen LogP contribution < -0.4 is 5.32 Å². The van der Waals surface area contributed by atoms with Crippen molar-refractivity contribution in [3.05, 3.63) is 11.6 Å². The molecule has 0 radical (unpaired) electrons. The van der Waals surface area contributed by atoms with Crippen LogP contribution in [-0.2, 0) is 14.3 Å². The molecule has 6 heteroatoms. The van der Waals surface area contributed by atoms with Gasteiger partial charge in [0.1, 0.15) is 13.2 Å². The Labute approximate surface area is 129 Å². The summed E-state index contributed by atoms with van der Waals surface area (Å²) in [5.74, 6) is 0.537. The van der Waals surface area contributed by atoms with Gasteiger partial charge in [-0.05, 0) is 35.7 Å². The zero-order valence-electron chi connectivity index (χ0n) is 13.1. The molecule has 6 nitrogen and oxygen atoms in total. The van der Waals surface area contributed by atoms with E-state index in [-0.39, 0.29) is 25.4 Å². The summed E-state index contributed by atoms with van der Waals surface area (Å²) in [7, 11) is 0. The average molecular weight is 306 g/mol. The number of fused-ring (bicyclic) bond motifs is 1. The van der Waals surface area contributed by atoms with Crippen molar-refractivity contribution >= 4 is 17.9 Å². The lowest BCUT2D eigenvalue weighted by Gasteiger charge is -2.56. The van der Waals surface area contributed by atoms with Gasteiger partial charge in [-0.2, -0.15) is 0 Å². The lowest BCUT2D eigenvalue weighted by Crippen LogP contribution is -2.51. The molecular weight excluding hydrogens is 284 g/mol. The average Bonchev–Trinajstić information content (AvgIpc) is 2.48. The van der Waals surface area contributed by atoms with Crippen molar-refractivity contribution in [1.82, 2.24) is 10.2 Å². The number of ether oxygens (including phenoxy) is 1. The topological polar surface area (TPSA) is 75.7 Å². The Balaban J connectivity index is 1.48. The maximum Gasteiger partial charge on any atom is 0.326 e. The third-order valence-corrected chi connectivity index (χ3v) is 5.44. The van der Waals surface area contributed by atoms with Gasteiger partial charge in [0.2, 0.25) is 5.91 Å². The molecule has 2 bridgehead atoms. The van der Waals surface area contributed by atoms with E-state index >= 15 is 0 Å². The number of allylic oxidation sites excluding steroid dienone is 1. The normalized spacial score (nSPS) is 29.4. The van der Waals surface area contributed by atoms with Crippen LogP contribution in [0.25, 0.3) is 0 Å². The first-order valence-corrected chi connectivity index (χ1v) is 7.81. The van der Waals surface area contributed by atoms with Crippen LogP contribution in [0.4, 0.5) is 4.79 Å². The number of hydrogen-bond acceptors (Lipinski definition) is 4. The fraction of sp³-hybridized carbons (Fsp3) is 0.688. The number of rotatable bonds is 4. The second kappa shape index (κ2) is 5.41. The van der Waals surface area contributed by atoms with Crippen LogP contribution in [0.1, 0.15) is 33.1 Å². The highest BCUT2D eigenvalue weighted by molar-refractivity contribution is 5.97. The molecule has 1 saturated carbocycles. The Bertz CT molecular complexity index is 552. The van der Waals surface area contributed by atoms with E-state index in [1.807, 2.05) is 0 Å². The molecule has 120 valence electrons. The van der Waals surface area contributed by atoms with Crippen LogP contribution >= 0.6 is 0 Å². The molecule has 0 spiro atoms. The minimum atomic E-state index is -0.520. The predicted octanol–water partition coefficient (Wildman–Crippen LogP) is 1.46. The van der Waals surface area contributed by atoms with E-state index < -0.39 is 12.0 Å². The first-order chi connectivity index (χ1) is 10.4. The predicted molar refractivity (Wildman–Crippen MR) is 78.8 cm³/mol. The van der Waals surface area contributed by atoms with Crippen molar-refractivity contribution in [2.45, 2.75) is 33.1 Å². The molecule has 2 fully saturated rings. The number of carbonyl (C=O) groups excluding carboxylic acids is 3. The van der Waals surface area contributed by atoms with E-state index in [4.69, 9.17) is 4.74 Å². The molecule has 2 atom stereocenters. The molecule has 3 amide bonds. The number of imide groups is 1. The number of nitrogens with one attached hydrogen (secondary N) is 1. The van der Waals surface area contributed by atoms with E-state index in [0.29, 0.717) is 17.9 Å². The number of esters is 1. The monoisotopic (exact) mass is 306 g/mol. The van der Waals surface area contributed by atoms with Gasteiger partial charge >= 0.3 is 12.0 Å². The van der Waals surface area contributed by atoms with Crippen molar-refractivity contribution in [1.29, 1.82) is 0 Å². The molecule has 1 heterocycles. The van der Waals surface area contributed by atoms with Crippen LogP contribution in [0, 0.1) is 17.3 Å². The number of hydrogen-bond donors (Lipinski definition) is 1. The van der Waals surface area contributed by atoms with Crippen LogP contribution in [0.15, 0.2) is 11.6 Å². The number of urea groups is 1. The van der Waals surface area contributed by atoms with Crippen molar-refractivity contribution < 1.29 is 19.1 Å². The minimum Gasteiger partial charge on any atom is -0.460 e. The molecule has 22 heavy (non-hydrogen) atoms. The van der Waals surface area contributed by atoms with Crippen LogP contribution in [-0.4, -0.2) is 42.5 Å². The quantitative estimate of drug-likeness (QED) is 0.630. The van der Waals surface area contributed by atoms with Crippen LogP contribution in [0.2, 0.25) is 0 Å². The van der Waals surface area contributed by atoms with Gasteiger partial charge in [-0.3, -0.25) is 14.9 Å². The zero-order valence-corrected chi connectivity index (χ0v) is 13.1. The lowest BCUT2D eigenvalue weighted by atomic mass is 9.49. The highest BCUT2D eigenvalue weighted by atomic mass is 16.5. The fourth-order valence-corrected chi connectivity index (χ4v) is 3.76. The minimum absolute atomic E-state index is 0.108. The summed E-state index contributed by atoms with van der Waals surface area (Å²) in [5, 5.41) is 2.19. The highest BCUT2D eigenvalue weighted by Gasteiger charge is 2.51. The molecule has 4 rings (SSSR count). The van der Waals surface area contributed by atoms with Gasteiger partial charge in [-0.1, -0.05) is 19.9 Å². The number of nitrogens with zero attached hydrogens (tertiary/aromatic N) is 1. The van der Waals surface area contributed by atoms with E-state index in [0.717, 1.165) is 12.3 Å². The fourth-order valence-electron chi connectivity index (χ4n) is 3.76. The third-order valence-electron chi connectivity index (χ3n) is 5.44. The van der Waals surface area contributed by atoms with Gasteiger partial charge in [0.25, 0.3) is 0 Å². The molecule has 3 aliphatic carbocycles. The van der Waals surface area contributed by atoms with E-state index in [1.165, 1.54) is 16.9 Å². The van der Waals surface area contributed by atoms with Gasteiger partial charge in [-0.25, -0.2) is 4.79 Å². The Morgan fingerprint density at radius 1 is 1.45 bits per heavy atom. The summed E-state index contributed by atoms with van der Waals surface area (Å²) >= 11 is 0. The molecule has 0 unspecified atom stereocenters. The largest absolute Gasteiger partial charge is 0.460 e. The molecule has 1 N–H and O–H groups in total. The summed E-state index contributed by atoms with van der Waals surface area (Å²) in [5.41, 5.74) is 1.52. The third kappa shape index (κ3) is 2.62. The highest BCUT2D eigenvalue weighted by Crippen LogP contribution is 2.59. The van der Waals surface area contributed by atoms with Gasteiger partial charge in [0.15, 0.2) is 0 Å².